The number of rotatable bonds is 9. The number of hydrogen-bond acceptors (Lipinski definition) is 5. The van der Waals surface area contributed by atoms with Crippen LogP contribution in [0.2, 0.25) is 0 Å². The Morgan fingerprint density at radius 1 is 1.00 bits per heavy atom. The Labute approximate surface area is 185 Å². The first kappa shape index (κ1) is 26.2. The highest BCUT2D eigenvalue weighted by Gasteiger charge is 2.25. The fourth-order valence-electron chi connectivity index (χ4n) is 2.73. The molecule has 4 N–H and O–H groups in total. The lowest BCUT2D eigenvalue weighted by Crippen LogP contribution is -2.50. The summed E-state index contributed by atoms with van der Waals surface area (Å²) >= 11 is 0. The molecular formula is C23H33BN2O5. The van der Waals surface area contributed by atoms with Crippen molar-refractivity contribution in [3.63, 3.8) is 0 Å². The van der Waals surface area contributed by atoms with Crippen LogP contribution in [-0.4, -0.2) is 48.6 Å². The quantitative estimate of drug-likeness (QED) is 0.457. The van der Waals surface area contributed by atoms with E-state index in [-0.39, 0.29) is 24.8 Å². The van der Waals surface area contributed by atoms with Crippen molar-refractivity contribution in [3.05, 3.63) is 65.7 Å². The molecule has 0 aliphatic heterocycles. The molecule has 31 heavy (non-hydrogen) atoms. The van der Waals surface area contributed by atoms with Crippen molar-refractivity contribution in [2.24, 2.45) is 5.92 Å². The minimum atomic E-state index is -1.63. The summed E-state index contributed by atoms with van der Waals surface area (Å²) in [5.41, 5.74) is 2.12. The van der Waals surface area contributed by atoms with Crippen LogP contribution in [0.4, 0.5) is 0 Å². The number of nitrogens with one attached hydrogen (secondary N) is 2. The van der Waals surface area contributed by atoms with Crippen LogP contribution in [0, 0.1) is 12.8 Å². The Morgan fingerprint density at radius 2 is 1.61 bits per heavy atom. The van der Waals surface area contributed by atoms with Crippen molar-refractivity contribution in [2.75, 3.05) is 13.7 Å². The van der Waals surface area contributed by atoms with Gasteiger partial charge in [-0.05, 0) is 37.0 Å². The zero-order valence-electron chi connectivity index (χ0n) is 18.7. The fourth-order valence-corrected chi connectivity index (χ4v) is 2.73. The largest absolute Gasteiger partial charge is 0.497 e. The minimum absolute atomic E-state index is 0.148. The number of hydrogen-bond donors (Lipinski definition) is 4. The van der Waals surface area contributed by atoms with E-state index in [1.54, 1.807) is 31.4 Å². The third-order valence-electron chi connectivity index (χ3n) is 4.34. The standard InChI is InChI=1S/C16H25BN2O5.C7H8/c1-11(2)8-14(17(22)23)19-16(21)10-18-15(20)9-12-4-6-13(24-3)7-5-12;1-7-5-3-2-4-6-7/h4-7,11,14,22-23H,8-10H2,1-3H3,(H,18,20)(H,19,21);2-6H,1H3. The van der Waals surface area contributed by atoms with E-state index in [0.29, 0.717) is 12.2 Å². The van der Waals surface area contributed by atoms with Gasteiger partial charge in [0.05, 0.1) is 26.0 Å². The van der Waals surface area contributed by atoms with Crippen LogP contribution < -0.4 is 15.4 Å². The molecular weight excluding hydrogens is 395 g/mol. The van der Waals surface area contributed by atoms with Gasteiger partial charge in [-0.25, -0.2) is 0 Å². The minimum Gasteiger partial charge on any atom is -0.497 e. The van der Waals surface area contributed by atoms with E-state index in [9.17, 15) is 19.6 Å². The van der Waals surface area contributed by atoms with E-state index >= 15 is 0 Å². The zero-order valence-corrected chi connectivity index (χ0v) is 18.7. The number of ether oxygens (including phenoxy) is 1. The predicted octanol–water partition coefficient (Wildman–Crippen LogP) is 1.89. The molecule has 0 aliphatic carbocycles. The summed E-state index contributed by atoms with van der Waals surface area (Å²) in [5, 5.41) is 23.6. The summed E-state index contributed by atoms with van der Waals surface area (Å²) < 4.78 is 5.04. The maximum atomic E-state index is 11.8. The lowest BCUT2D eigenvalue weighted by molar-refractivity contribution is -0.126. The van der Waals surface area contributed by atoms with Crippen LogP contribution in [0.3, 0.4) is 0 Å². The maximum Gasteiger partial charge on any atom is 0.475 e. The highest BCUT2D eigenvalue weighted by Crippen LogP contribution is 2.11. The molecule has 8 heteroatoms. The van der Waals surface area contributed by atoms with Crippen molar-refractivity contribution >= 4 is 18.9 Å². The molecule has 7 nitrogen and oxygen atoms in total. The van der Waals surface area contributed by atoms with Crippen molar-refractivity contribution in [1.82, 2.24) is 10.6 Å². The van der Waals surface area contributed by atoms with Gasteiger partial charge in [-0.15, -0.1) is 0 Å². The van der Waals surface area contributed by atoms with Crippen LogP contribution in [0.15, 0.2) is 54.6 Å². The Morgan fingerprint density at radius 3 is 2.06 bits per heavy atom. The number of methoxy groups -OCH3 is 1. The Kier molecular flexibility index (Phi) is 12.0. The van der Waals surface area contributed by atoms with Crippen LogP contribution in [0.5, 0.6) is 5.75 Å². The van der Waals surface area contributed by atoms with E-state index in [1.807, 2.05) is 32.0 Å². The number of amides is 2. The normalized spacial score (nSPS) is 11.1. The van der Waals surface area contributed by atoms with E-state index in [4.69, 9.17) is 4.74 Å². The number of benzene rings is 2. The van der Waals surface area contributed by atoms with Gasteiger partial charge in [-0.3, -0.25) is 9.59 Å². The molecule has 0 heterocycles. The van der Waals surface area contributed by atoms with Gasteiger partial charge in [0.25, 0.3) is 0 Å². The molecule has 0 bridgehead atoms. The van der Waals surface area contributed by atoms with E-state index in [0.717, 1.165) is 5.56 Å². The first-order valence-corrected chi connectivity index (χ1v) is 10.3. The second-order valence-corrected chi connectivity index (χ2v) is 7.67. The molecule has 1 unspecified atom stereocenters. The molecule has 0 radical (unpaired) electrons. The molecule has 0 saturated heterocycles. The molecule has 0 spiro atoms. The monoisotopic (exact) mass is 428 g/mol. The van der Waals surface area contributed by atoms with Crippen molar-refractivity contribution in [1.29, 1.82) is 0 Å². The zero-order chi connectivity index (χ0) is 23.2. The Balaban J connectivity index is 0.000000577. The topological polar surface area (TPSA) is 108 Å². The van der Waals surface area contributed by atoms with Gasteiger partial charge >= 0.3 is 7.12 Å². The van der Waals surface area contributed by atoms with Gasteiger partial charge in [0, 0.05) is 0 Å². The maximum absolute atomic E-state index is 11.8. The van der Waals surface area contributed by atoms with Gasteiger partial charge in [-0.1, -0.05) is 61.9 Å². The highest BCUT2D eigenvalue weighted by molar-refractivity contribution is 6.43. The molecule has 0 aromatic heterocycles. The first-order chi connectivity index (χ1) is 14.7. The van der Waals surface area contributed by atoms with Gasteiger partial charge in [0.15, 0.2) is 0 Å². The lowest BCUT2D eigenvalue weighted by atomic mass is 9.75. The highest BCUT2D eigenvalue weighted by atomic mass is 16.5. The molecule has 2 amide bonds. The average molecular weight is 428 g/mol. The summed E-state index contributed by atoms with van der Waals surface area (Å²) in [6, 6.07) is 17.3. The molecule has 0 aliphatic rings. The van der Waals surface area contributed by atoms with Gasteiger partial charge < -0.3 is 25.4 Å². The number of aryl methyl sites for hydroxylation is 1. The molecule has 2 aromatic rings. The Hall–Kier alpha value is -2.84. The van der Waals surface area contributed by atoms with Crippen LogP contribution >= 0.6 is 0 Å². The third-order valence-corrected chi connectivity index (χ3v) is 4.34. The predicted molar refractivity (Wildman–Crippen MR) is 122 cm³/mol. The summed E-state index contributed by atoms with van der Waals surface area (Å²) in [5.74, 6) is -0.604. The summed E-state index contributed by atoms with van der Waals surface area (Å²) in [4.78, 5) is 23.7. The average Bonchev–Trinajstić information content (AvgIpc) is 2.73. The van der Waals surface area contributed by atoms with Gasteiger partial charge in [0.1, 0.15) is 5.75 Å². The third kappa shape index (κ3) is 11.8. The molecule has 168 valence electrons. The van der Waals surface area contributed by atoms with Crippen molar-refractivity contribution in [2.45, 2.75) is 39.6 Å². The second kappa shape index (κ2) is 14.2. The SMILES string of the molecule is COc1ccc(CC(=O)NCC(=O)NC(CC(C)C)B(O)O)cc1.Cc1ccccc1. The van der Waals surface area contributed by atoms with Crippen LogP contribution in [0.25, 0.3) is 0 Å². The van der Waals surface area contributed by atoms with Gasteiger partial charge in [-0.2, -0.15) is 0 Å². The smallest absolute Gasteiger partial charge is 0.475 e. The molecule has 0 saturated carbocycles. The molecule has 2 rings (SSSR count). The molecule has 1 atom stereocenters. The van der Waals surface area contributed by atoms with Crippen molar-refractivity contribution in [3.8, 4) is 5.75 Å². The van der Waals surface area contributed by atoms with Crippen molar-refractivity contribution < 1.29 is 24.4 Å². The summed E-state index contributed by atoms with van der Waals surface area (Å²) in [6.45, 7) is 5.70. The Bertz CT molecular complexity index is 782. The number of carbonyl (C=O) groups excluding carboxylic acids is 2. The second-order valence-electron chi connectivity index (χ2n) is 7.67. The fraction of sp³-hybridized carbons (Fsp3) is 0.391. The molecule has 2 aromatic carbocycles. The van der Waals surface area contributed by atoms with Gasteiger partial charge in [0.2, 0.25) is 11.8 Å². The first-order valence-electron chi connectivity index (χ1n) is 10.3. The summed E-state index contributed by atoms with van der Waals surface area (Å²) in [7, 11) is -0.0673. The number of carbonyl (C=O) groups is 2. The van der Waals surface area contributed by atoms with Crippen LogP contribution in [-0.2, 0) is 16.0 Å². The summed E-state index contributed by atoms with van der Waals surface area (Å²) in [6.07, 6.45) is 0.582. The van der Waals surface area contributed by atoms with E-state index < -0.39 is 19.0 Å². The van der Waals surface area contributed by atoms with E-state index in [1.165, 1.54) is 5.56 Å². The lowest BCUT2D eigenvalue weighted by Gasteiger charge is -2.19. The van der Waals surface area contributed by atoms with E-state index in [2.05, 4.69) is 29.7 Å². The van der Waals surface area contributed by atoms with Crippen LogP contribution in [0.1, 0.15) is 31.4 Å². The molecule has 0 fully saturated rings.